The van der Waals surface area contributed by atoms with Gasteiger partial charge in [-0.1, -0.05) is 36.9 Å². The van der Waals surface area contributed by atoms with E-state index in [4.69, 9.17) is 9.78 Å². The molecule has 14 heavy (non-hydrogen) atoms. The first-order valence-corrected chi connectivity index (χ1v) is 4.90. The number of hydrogen-bond acceptors (Lipinski definition) is 2. The summed E-state index contributed by atoms with van der Waals surface area (Å²) in [4.78, 5) is 10.2. The first-order chi connectivity index (χ1) is 6.88. The van der Waals surface area contributed by atoms with Crippen molar-refractivity contribution in [2.75, 3.05) is 6.61 Å². The van der Waals surface area contributed by atoms with E-state index >= 15 is 0 Å². The molecule has 2 heteroatoms. The minimum Gasteiger partial charge on any atom is -0.236 e. The first-order valence-electron chi connectivity index (χ1n) is 4.90. The molecule has 1 aliphatic heterocycles. The molecule has 1 heterocycles. The Morgan fingerprint density at radius 1 is 1.29 bits per heavy atom. The van der Waals surface area contributed by atoms with Gasteiger partial charge in [0.25, 0.3) is 0 Å². The van der Waals surface area contributed by atoms with Crippen LogP contribution in [0.2, 0.25) is 0 Å². The van der Waals surface area contributed by atoms with Crippen LogP contribution in [0.1, 0.15) is 18.4 Å². The summed E-state index contributed by atoms with van der Waals surface area (Å²) in [6, 6.07) is 10.1. The summed E-state index contributed by atoms with van der Waals surface area (Å²) in [5.74, 6) is 0. The first kappa shape index (κ1) is 9.44. The molecule has 1 fully saturated rings. The smallest absolute Gasteiger partial charge is 0.118 e. The highest BCUT2D eigenvalue weighted by Crippen LogP contribution is 2.24. The van der Waals surface area contributed by atoms with Crippen LogP contribution in [0.4, 0.5) is 0 Å². The molecule has 0 saturated carbocycles. The lowest BCUT2D eigenvalue weighted by molar-refractivity contribution is -0.331. The quantitative estimate of drug-likeness (QED) is 0.667. The minimum absolute atomic E-state index is 0.0196. The van der Waals surface area contributed by atoms with Crippen molar-refractivity contribution in [1.82, 2.24) is 0 Å². The molecule has 0 spiro atoms. The van der Waals surface area contributed by atoms with Gasteiger partial charge < -0.3 is 0 Å². The normalized spacial score (nSPS) is 21.9. The predicted molar refractivity (Wildman–Crippen MR) is 55.5 cm³/mol. The van der Waals surface area contributed by atoms with E-state index in [1.165, 1.54) is 0 Å². The third-order valence-electron chi connectivity index (χ3n) is 2.41. The van der Waals surface area contributed by atoms with E-state index in [0.29, 0.717) is 6.61 Å². The average Bonchev–Trinajstić information content (AvgIpc) is 2.30. The molecular formula is C12H14O2. The van der Waals surface area contributed by atoms with Crippen molar-refractivity contribution < 1.29 is 9.78 Å². The molecular weight excluding hydrogens is 176 g/mol. The van der Waals surface area contributed by atoms with Crippen molar-refractivity contribution in [3.8, 4) is 0 Å². The lowest BCUT2D eigenvalue weighted by Gasteiger charge is -2.23. The monoisotopic (exact) mass is 190 g/mol. The summed E-state index contributed by atoms with van der Waals surface area (Å²) in [7, 11) is 0. The summed E-state index contributed by atoms with van der Waals surface area (Å²) in [5.41, 5.74) is 2.13. The maximum atomic E-state index is 5.19. The average molecular weight is 190 g/mol. The van der Waals surface area contributed by atoms with Crippen LogP contribution >= 0.6 is 0 Å². The second-order valence-electron chi connectivity index (χ2n) is 3.44. The SMILES string of the molecule is C=C(c1ccccc1)C1CCCOO1. The van der Waals surface area contributed by atoms with E-state index in [2.05, 4.69) is 6.58 Å². The van der Waals surface area contributed by atoms with Crippen molar-refractivity contribution in [3.63, 3.8) is 0 Å². The van der Waals surface area contributed by atoms with Gasteiger partial charge in [-0.15, -0.1) is 0 Å². The molecule has 1 aromatic rings. The van der Waals surface area contributed by atoms with Crippen molar-refractivity contribution >= 4 is 5.57 Å². The second-order valence-corrected chi connectivity index (χ2v) is 3.44. The van der Waals surface area contributed by atoms with Crippen molar-refractivity contribution in [2.24, 2.45) is 0 Å². The van der Waals surface area contributed by atoms with Gasteiger partial charge in [-0.3, -0.25) is 0 Å². The zero-order valence-electron chi connectivity index (χ0n) is 8.11. The summed E-state index contributed by atoms with van der Waals surface area (Å²) in [5, 5.41) is 0. The summed E-state index contributed by atoms with van der Waals surface area (Å²) < 4.78 is 0. The lowest BCUT2D eigenvalue weighted by Crippen LogP contribution is -2.21. The second kappa shape index (κ2) is 4.40. The molecule has 1 unspecified atom stereocenters. The molecule has 0 aliphatic carbocycles. The maximum absolute atomic E-state index is 5.19. The van der Waals surface area contributed by atoms with Crippen LogP contribution in [-0.2, 0) is 9.78 Å². The van der Waals surface area contributed by atoms with Crippen LogP contribution in [0, 0.1) is 0 Å². The number of benzene rings is 1. The van der Waals surface area contributed by atoms with Gasteiger partial charge in [0.1, 0.15) is 6.10 Å². The highest BCUT2D eigenvalue weighted by molar-refractivity contribution is 5.66. The Morgan fingerprint density at radius 3 is 2.71 bits per heavy atom. The largest absolute Gasteiger partial charge is 0.236 e. The topological polar surface area (TPSA) is 18.5 Å². The van der Waals surface area contributed by atoms with Crippen LogP contribution in [0.3, 0.4) is 0 Å². The Kier molecular flexibility index (Phi) is 2.96. The minimum atomic E-state index is 0.0196. The molecule has 0 aromatic heterocycles. The molecule has 0 amide bonds. The van der Waals surface area contributed by atoms with Crippen molar-refractivity contribution in [1.29, 1.82) is 0 Å². The molecule has 0 bridgehead atoms. The summed E-state index contributed by atoms with van der Waals surface area (Å²) in [6.45, 7) is 4.74. The van der Waals surface area contributed by atoms with Crippen molar-refractivity contribution in [2.45, 2.75) is 18.9 Å². The van der Waals surface area contributed by atoms with Crippen molar-refractivity contribution in [3.05, 3.63) is 42.5 Å². The highest BCUT2D eigenvalue weighted by Gasteiger charge is 2.19. The Morgan fingerprint density at radius 2 is 2.07 bits per heavy atom. The molecule has 2 nitrogen and oxygen atoms in total. The van der Waals surface area contributed by atoms with Gasteiger partial charge in [-0.25, -0.2) is 9.78 Å². The molecule has 2 rings (SSSR count). The van der Waals surface area contributed by atoms with Crippen LogP contribution in [-0.4, -0.2) is 12.7 Å². The molecule has 0 radical (unpaired) electrons. The highest BCUT2D eigenvalue weighted by atomic mass is 17.2. The zero-order chi connectivity index (χ0) is 9.80. The summed E-state index contributed by atoms with van der Waals surface area (Å²) in [6.07, 6.45) is 2.05. The Labute approximate surface area is 84.1 Å². The van der Waals surface area contributed by atoms with Crippen LogP contribution < -0.4 is 0 Å². The van der Waals surface area contributed by atoms with Gasteiger partial charge in [0, 0.05) is 0 Å². The van der Waals surface area contributed by atoms with E-state index in [-0.39, 0.29) is 6.10 Å². The zero-order valence-corrected chi connectivity index (χ0v) is 8.11. The van der Waals surface area contributed by atoms with Crippen LogP contribution in [0.15, 0.2) is 36.9 Å². The third kappa shape index (κ3) is 2.03. The fraction of sp³-hybridized carbons (Fsp3) is 0.333. The van der Waals surface area contributed by atoms with Gasteiger partial charge in [0.2, 0.25) is 0 Å². The number of hydrogen-bond donors (Lipinski definition) is 0. The summed E-state index contributed by atoms with van der Waals surface area (Å²) >= 11 is 0. The molecule has 1 aliphatic rings. The molecule has 0 N–H and O–H groups in total. The van der Waals surface area contributed by atoms with Crippen LogP contribution in [0.25, 0.3) is 5.57 Å². The predicted octanol–water partition coefficient (Wildman–Crippen LogP) is 2.81. The fourth-order valence-electron chi connectivity index (χ4n) is 1.58. The van der Waals surface area contributed by atoms with Crippen LogP contribution in [0.5, 0.6) is 0 Å². The molecule has 74 valence electrons. The standard InChI is InChI=1S/C12H14O2/c1-10(11-6-3-2-4-7-11)12-8-5-9-13-14-12/h2-4,6-7,12H,1,5,8-9H2. The van der Waals surface area contributed by atoms with E-state index in [0.717, 1.165) is 24.0 Å². The van der Waals surface area contributed by atoms with Gasteiger partial charge >= 0.3 is 0 Å². The Balaban J connectivity index is 2.07. The fourth-order valence-corrected chi connectivity index (χ4v) is 1.58. The Hall–Kier alpha value is -1.12. The molecule has 1 saturated heterocycles. The van der Waals surface area contributed by atoms with Gasteiger partial charge in [-0.05, 0) is 24.0 Å². The van der Waals surface area contributed by atoms with E-state index in [9.17, 15) is 0 Å². The van der Waals surface area contributed by atoms with Gasteiger partial charge in [-0.2, -0.15) is 0 Å². The van der Waals surface area contributed by atoms with E-state index in [1.54, 1.807) is 0 Å². The van der Waals surface area contributed by atoms with Gasteiger partial charge in [0.05, 0.1) is 6.61 Å². The lowest BCUT2D eigenvalue weighted by atomic mass is 9.99. The molecule has 1 atom stereocenters. The van der Waals surface area contributed by atoms with Gasteiger partial charge in [0.15, 0.2) is 0 Å². The number of rotatable bonds is 2. The maximum Gasteiger partial charge on any atom is 0.118 e. The Bertz CT molecular complexity index is 299. The molecule has 1 aromatic carbocycles. The van der Waals surface area contributed by atoms with E-state index < -0.39 is 0 Å². The third-order valence-corrected chi connectivity index (χ3v) is 2.41. The van der Waals surface area contributed by atoms with E-state index in [1.807, 2.05) is 30.3 Å².